The Morgan fingerprint density at radius 1 is 1.47 bits per heavy atom. The van der Waals surface area contributed by atoms with Gasteiger partial charge in [-0.25, -0.2) is 9.59 Å². The summed E-state index contributed by atoms with van der Waals surface area (Å²) in [5.41, 5.74) is 0.604. The molecule has 19 heavy (non-hydrogen) atoms. The molecule has 1 aromatic heterocycles. The summed E-state index contributed by atoms with van der Waals surface area (Å²) in [6, 6.07) is -0.474. The van der Waals surface area contributed by atoms with Crippen LogP contribution in [-0.4, -0.2) is 47.7 Å². The van der Waals surface area contributed by atoms with Crippen molar-refractivity contribution in [2.24, 2.45) is 0 Å². The summed E-state index contributed by atoms with van der Waals surface area (Å²) in [5, 5.41) is 6.10. The predicted molar refractivity (Wildman–Crippen MR) is 61.4 cm³/mol. The van der Waals surface area contributed by atoms with Crippen molar-refractivity contribution < 1.29 is 23.6 Å². The molecule has 1 aliphatic rings. The maximum absolute atomic E-state index is 11.8. The van der Waals surface area contributed by atoms with E-state index in [4.69, 9.17) is 9.26 Å². The maximum Gasteiger partial charge on any atom is 0.344 e. The van der Waals surface area contributed by atoms with E-state index in [1.165, 1.54) is 0 Å². The lowest BCUT2D eigenvalue weighted by atomic mass is 10.2. The molecule has 0 spiro atoms. The predicted octanol–water partition coefficient (Wildman–Crippen LogP) is 0.0000400. The second-order valence-electron chi connectivity index (χ2n) is 4.05. The number of urea groups is 1. The third-order valence-corrected chi connectivity index (χ3v) is 2.72. The number of nitrogens with one attached hydrogen (secondary N) is 1. The van der Waals surface area contributed by atoms with Crippen LogP contribution in [0.5, 0.6) is 0 Å². The molecular weight excluding hydrogens is 254 g/mol. The molecule has 0 aromatic carbocycles. The summed E-state index contributed by atoms with van der Waals surface area (Å²) >= 11 is 0. The first kappa shape index (κ1) is 13.1. The van der Waals surface area contributed by atoms with Crippen LogP contribution in [0.4, 0.5) is 4.79 Å². The molecule has 0 aliphatic carbocycles. The maximum atomic E-state index is 11.8. The smallest absolute Gasteiger partial charge is 0.344 e. The minimum Gasteiger partial charge on any atom is -0.452 e. The highest BCUT2D eigenvalue weighted by Crippen LogP contribution is 2.13. The number of carbonyl (C=O) groups excluding carboxylic acids is 3. The zero-order valence-electron chi connectivity index (χ0n) is 10.6. The molecule has 2 heterocycles. The molecule has 102 valence electrons. The first-order chi connectivity index (χ1) is 9.00. The molecule has 0 radical (unpaired) electrons. The molecule has 8 heteroatoms. The molecule has 0 unspecified atom stereocenters. The Kier molecular flexibility index (Phi) is 3.50. The quantitative estimate of drug-likeness (QED) is 0.773. The van der Waals surface area contributed by atoms with Crippen LogP contribution >= 0.6 is 0 Å². The molecule has 1 aromatic rings. The van der Waals surface area contributed by atoms with Crippen molar-refractivity contribution in [2.45, 2.75) is 13.8 Å². The second-order valence-corrected chi connectivity index (χ2v) is 4.05. The Morgan fingerprint density at radius 2 is 2.21 bits per heavy atom. The molecule has 0 bridgehead atoms. The number of hydrogen-bond donors (Lipinski definition) is 1. The van der Waals surface area contributed by atoms with Gasteiger partial charge in [-0.3, -0.25) is 9.69 Å². The van der Waals surface area contributed by atoms with E-state index in [2.05, 4.69) is 10.5 Å². The van der Waals surface area contributed by atoms with Crippen LogP contribution < -0.4 is 5.32 Å². The standard InChI is InChI=1S/C11H13N3O5/c1-6-9(7(2)19-13-6)10(16)18-5-8(15)14-4-3-12-11(14)17/h3-5H2,1-2H3,(H,12,17). The first-order valence-electron chi connectivity index (χ1n) is 5.69. The van der Waals surface area contributed by atoms with Gasteiger partial charge in [0.15, 0.2) is 6.61 Å². The fourth-order valence-electron chi connectivity index (χ4n) is 1.76. The van der Waals surface area contributed by atoms with Crippen molar-refractivity contribution >= 4 is 17.9 Å². The molecule has 0 atom stereocenters. The van der Waals surface area contributed by atoms with Crippen LogP contribution in [0.25, 0.3) is 0 Å². The minimum atomic E-state index is -0.691. The molecule has 2 rings (SSSR count). The fourth-order valence-corrected chi connectivity index (χ4v) is 1.76. The monoisotopic (exact) mass is 267 g/mol. The van der Waals surface area contributed by atoms with Crippen LogP contribution in [-0.2, 0) is 9.53 Å². The number of nitrogens with zero attached hydrogens (tertiary/aromatic N) is 2. The van der Waals surface area contributed by atoms with Gasteiger partial charge in [-0.1, -0.05) is 5.16 Å². The lowest BCUT2D eigenvalue weighted by molar-refractivity contribution is -0.130. The van der Waals surface area contributed by atoms with Gasteiger partial charge in [0.1, 0.15) is 11.3 Å². The zero-order valence-corrected chi connectivity index (χ0v) is 10.6. The van der Waals surface area contributed by atoms with Crippen LogP contribution in [0.3, 0.4) is 0 Å². The average molecular weight is 267 g/mol. The summed E-state index contributed by atoms with van der Waals surface area (Å²) in [6.45, 7) is 3.37. The highest BCUT2D eigenvalue weighted by molar-refractivity contribution is 5.98. The van der Waals surface area contributed by atoms with Gasteiger partial charge in [0.25, 0.3) is 5.91 Å². The lowest BCUT2D eigenvalue weighted by Crippen LogP contribution is -2.37. The van der Waals surface area contributed by atoms with E-state index in [1.54, 1.807) is 13.8 Å². The Labute approximate surface area is 108 Å². The molecule has 1 aliphatic heterocycles. The zero-order chi connectivity index (χ0) is 14.0. The minimum absolute atomic E-state index is 0.207. The number of esters is 1. The van der Waals surface area contributed by atoms with Gasteiger partial charge in [-0.05, 0) is 13.8 Å². The summed E-state index contributed by atoms with van der Waals surface area (Å²) < 4.78 is 9.69. The average Bonchev–Trinajstić information content (AvgIpc) is 2.93. The molecular formula is C11H13N3O5. The second kappa shape index (κ2) is 5.09. The molecule has 1 fully saturated rings. The van der Waals surface area contributed by atoms with Gasteiger partial charge in [0, 0.05) is 13.1 Å². The number of hydrogen-bond acceptors (Lipinski definition) is 6. The van der Waals surface area contributed by atoms with E-state index in [1.807, 2.05) is 0 Å². The molecule has 1 N–H and O–H groups in total. The molecule has 3 amide bonds. The lowest BCUT2D eigenvalue weighted by Gasteiger charge is -2.11. The van der Waals surface area contributed by atoms with Crippen molar-refractivity contribution in [1.29, 1.82) is 0 Å². The first-order valence-corrected chi connectivity index (χ1v) is 5.69. The van der Waals surface area contributed by atoms with Gasteiger partial charge in [-0.2, -0.15) is 0 Å². The molecule has 0 saturated carbocycles. The van der Waals surface area contributed by atoms with Crippen molar-refractivity contribution in [3.8, 4) is 0 Å². The van der Waals surface area contributed by atoms with Crippen molar-refractivity contribution in [3.63, 3.8) is 0 Å². The molecule has 1 saturated heterocycles. The summed E-state index contributed by atoms with van der Waals surface area (Å²) in [5.74, 6) is -0.923. The largest absolute Gasteiger partial charge is 0.452 e. The van der Waals surface area contributed by atoms with E-state index in [0.29, 0.717) is 18.0 Å². The SMILES string of the molecule is Cc1noc(C)c1C(=O)OCC(=O)N1CCNC1=O. The number of carbonyl (C=O) groups is 3. The Hall–Kier alpha value is -2.38. The van der Waals surface area contributed by atoms with E-state index in [-0.39, 0.29) is 12.1 Å². The van der Waals surface area contributed by atoms with Crippen molar-refractivity contribution in [1.82, 2.24) is 15.4 Å². The summed E-state index contributed by atoms with van der Waals surface area (Å²) in [6.07, 6.45) is 0. The van der Waals surface area contributed by atoms with Crippen LogP contribution in [0.1, 0.15) is 21.8 Å². The highest BCUT2D eigenvalue weighted by Gasteiger charge is 2.27. The third kappa shape index (κ3) is 2.56. The van der Waals surface area contributed by atoms with Gasteiger partial charge < -0.3 is 14.6 Å². The number of imide groups is 1. The Balaban J connectivity index is 1.94. The fraction of sp³-hybridized carbons (Fsp3) is 0.455. The van der Waals surface area contributed by atoms with Gasteiger partial charge in [0.05, 0.1) is 5.69 Å². The topological polar surface area (TPSA) is 102 Å². The van der Waals surface area contributed by atoms with Gasteiger partial charge in [0.2, 0.25) is 0 Å². The summed E-state index contributed by atoms with van der Waals surface area (Å²) in [7, 11) is 0. The number of ether oxygens (including phenoxy) is 1. The van der Waals surface area contributed by atoms with Crippen LogP contribution in [0.2, 0.25) is 0 Å². The normalized spacial score (nSPS) is 14.4. The van der Waals surface area contributed by atoms with E-state index < -0.39 is 24.5 Å². The highest BCUT2D eigenvalue weighted by atomic mass is 16.5. The molecule has 8 nitrogen and oxygen atoms in total. The van der Waals surface area contributed by atoms with Crippen LogP contribution in [0.15, 0.2) is 4.52 Å². The third-order valence-electron chi connectivity index (χ3n) is 2.72. The van der Waals surface area contributed by atoms with Crippen molar-refractivity contribution in [3.05, 3.63) is 17.0 Å². The van der Waals surface area contributed by atoms with E-state index in [9.17, 15) is 14.4 Å². The van der Waals surface area contributed by atoms with Crippen molar-refractivity contribution in [2.75, 3.05) is 19.7 Å². The Morgan fingerprint density at radius 3 is 2.74 bits per heavy atom. The Bertz CT molecular complexity index is 517. The van der Waals surface area contributed by atoms with Crippen LogP contribution in [0, 0.1) is 13.8 Å². The van der Waals surface area contributed by atoms with Gasteiger partial charge >= 0.3 is 12.0 Å². The van der Waals surface area contributed by atoms with E-state index in [0.717, 1.165) is 4.90 Å². The van der Waals surface area contributed by atoms with E-state index >= 15 is 0 Å². The van der Waals surface area contributed by atoms with Gasteiger partial charge in [-0.15, -0.1) is 0 Å². The number of rotatable bonds is 3. The number of amides is 3. The number of aryl methyl sites for hydroxylation is 2. The summed E-state index contributed by atoms with van der Waals surface area (Å²) in [4.78, 5) is 35.6. The number of aromatic nitrogens is 1.